The van der Waals surface area contributed by atoms with Crippen molar-refractivity contribution in [3.8, 4) is 11.5 Å². The van der Waals surface area contributed by atoms with E-state index in [4.69, 9.17) is 14.2 Å². The maximum atomic E-state index is 5.79. The van der Waals surface area contributed by atoms with Gasteiger partial charge in [0.05, 0.1) is 26.4 Å². The highest BCUT2D eigenvalue weighted by molar-refractivity contribution is 9.10. The van der Waals surface area contributed by atoms with E-state index in [0.717, 1.165) is 68.3 Å². The molecule has 1 aliphatic rings. The van der Waals surface area contributed by atoms with Crippen LogP contribution in [0, 0.1) is 0 Å². The average molecular weight is 438 g/mol. The van der Waals surface area contributed by atoms with E-state index in [1.165, 1.54) is 5.56 Å². The highest BCUT2D eigenvalue weighted by atomic mass is 79.9. The molecular formula is C18H30BrClN2O3. The molecule has 144 valence electrons. The molecule has 1 fully saturated rings. The van der Waals surface area contributed by atoms with Gasteiger partial charge in [-0.3, -0.25) is 4.90 Å². The zero-order valence-corrected chi connectivity index (χ0v) is 17.7. The van der Waals surface area contributed by atoms with Crippen molar-refractivity contribution < 1.29 is 14.2 Å². The van der Waals surface area contributed by atoms with Crippen molar-refractivity contribution in [2.75, 3.05) is 46.5 Å². The van der Waals surface area contributed by atoms with Crippen molar-refractivity contribution in [3.05, 3.63) is 22.2 Å². The van der Waals surface area contributed by atoms with E-state index in [2.05, 4.69) is 26.1 Å². The van der Waals surface area contributed by atoms with Crippen LogP contribution in [0.5, 0.6) is 11.5 Å². The molecule has 7 heteroatoms. The fourth-order valence-corrected chi connectivity index (χ4v) is 3.16. The molecule has 0 amide bonds. The number of methoxy groups -OCH3 is 1. The molecule has 1 aromatic rings. The molecule has 2 rings (SSSR count). The van der Waals surface area contributed by atoms with E-state index in [0.29, 0.717) is 0 Å². The second kappa shape index (κ2) is 12.0. The summed E-state index contributed by atoms with van der Waals surface area (Å²) >= 11 is 3.63. The van der Waals surface area contributed by atoms with E-state index in [1.807, 2.05) is 26.0 Å². The number of halogens is 2. The molecule has 0 radical (unpaired) electrons. The van der Waals surface area contributed by atoms with E-state index in [-0.39, 0.29) is 18.5 Å². The van der Waals surface area contributed by atoms with E-state index in [1.54, 1.807) is 7.11 Å². The van der Waals surface area contributed by atoms with Crippen LogP contribution >= 0.6 is 28.3 Å². The summed E-state index contributed by atoms with van der Waals surface area (Å²) in [6.45, 7) is 10.8. The summed E-state index contributed by atoms with van der Waals surface area (Å²) in [4.78, 5) is 2.46. The molecular weight excluding hydrogens is 408 g/mol. The molecule has 5 nitrogen and oxygen atoms in total. The van der Waals surface area contributed by atoms with E-state index < -0.39 is 0 Å². The van der Waals surface area contributed by atoms with Gasteiger partial charge in [0, 0.05) is 24.1 Å². The Balaban J connectivity index is 0.00000312. The number of hydrogen-bond acceptors (Lipinski definition) is 5. The van der Waals surface area contributed by atoms with Gasteiger partial charge < -0.3 is 19.5 Å². The van der Waals surface area contributed by atoms with Crippen LogP contribution in [0.25, 0.3) is 0 Å². The van der Waals surface area contributed by atoms with Gasteiger partial charge in [-0.15, -0.1) is 12.4 Å². The first-order valence-corrected chi connectivity index (χ1v) is 9.43. The number of rotatable bonds is 9. The summed E-state index contributed by atoms with van der Waals surface area (Å²) in [7, 11) is 1.68. The fourth-order valence-electron chi connectivity index (χ4n) is 2.69. The molecule has 0 aromatic heterocycles. The lowest BCUT2D eigenvalue weighted by Gasteiger charge is -2.26. The molecule has 1 saturated heterocycles. The minimum Gasteiger partial charge on any atom is -0.493 e. The van der Waals surface area contributed by atoms with Crippen molar-refractivity contribution >= 4 is 28.3 Å². The van der Waals surface area contributed by atoms with Gasteiger partial charge in [-0.25, -0.2) is 0 Å². The molecule has 0 unspecified atom stereocenters. The van der Waals surface area contributed by atoms with Crippen LogP contribution in [-0.2, 0) is 11.3 Å². The maximum absolute atomic E-state index is 5.79. The van der Waals surface area contributed by atoms with Gasteiger partial charge in [-0.1, -0.05) is 15.9 Å². The lowest BCUT2D eigenvalue weighted by molar-refractivity contribution is 0.0374. The Labute approximate surface area is 165 Å². The SMILES string of the molecule is COc1cc(CNCCCN2CCOCC2)c(Br)cc1OC(C)C.Cl. The van der Waals surface area contributed by atoms with Crippen molar-refractivity contribution in [1.29, 1.82) is 0 Å². The Morgan fingerprint density at radius 3 is 2.60 bits per heavy atom. The maximum Gasteiger partial charge on any atom is 0.162 e. The van der Waals surface area contributed by atoms with Gasteiger partial charge in [-0.2, -0.15) is 0 Å². The fraction of sp³-hybridized carbons (Fsp3) is 0.667. The molecule has 1 aliphatic heterocycles. The number of nitrogens with one attached hydrogen (secondary N) is 1. The molecule has 1 aromatic carbocycles. The largest absolute Gasteiger partial charge is 0.493 e. The second-order valence-electron chi connectivity index (χ2n) is 6.25. The van der Waals surface area contributed by atoms with Crippen LogP contribution in [0.15, 0.2) is 16.6 Å². The molecule has 25 heavy (non-hydrogen) atoms. The number of ether oxygens (including phenoxy) is 3. The Hall–Kier alpha value is -0.530. The summed E-state index contributed by atoms with van der Waals surface area (Å²) in [5, 5.41) is 3.51. The third kappa shape index (κ3) is 7.71. The first-order valence-electron chi connectivity index (χ1n) is 8.64. The standard InChI is InChI=1S/C18H29BrN2O3.ClH/c1-14(2)24-18-12-16(19)15(11-17(18)22-3)13-20-5-4-6-21-7-9-23-10-8-21;/h11-12,14,20H,4-10,13H2,1-3H3;1H. The van der Waals surface area contributed by atoms with Crippen LogP contribution in [0.3, 0.4) is 0 Å². The quantitative estimate of drug-likeness (QED) is 0.599. The zero-order chi connectivity index (χ0) is 17.4. The van der Waals surface area contributed by atoms with Gasteiger partial charge in [0.2, 0.25) is 0 Å². The van der Waals surface area contributed by atoms with Gasteiger partial charge in [0.1, 0.15) is 0 Å². The first-order chi connectivity index (χ1) is 11.6. The summed E-state index contributed by atoms with van der Waals surface area (Å²) in [6, 6.07) is 4.03. The normalized spacial score (nSPS) is 15.1. The summed E-state index contributed by atoms with van der Waals surface area (Å²) in [5.74, 6) is 1.55. The Morgan fingerprint density at radius 1 is 1.24 bits per heavy atom. The van der Waals surface area contributed by atoms with Crippen LogP contribution in [0.2, 0.25) is 0 Å². The topological polar surface area (TPSA) is 43.0 Å². The van der Waals surface area contributed by atoms with Gasteiger partial charge in [-0.05, 0) is 51.1 Å². The van der Waals surface area contributed by atoms with Crippen molar-refractivity contribution in [1.82, 2.24) is 10.2 Å². The van der Waals surface area contributed by atoms with Crippen LogP contribution in [-0.4, -0.2) is 57.5 Å². The minimum absolute atomic E-state index is 0. The zero-order valence-electron chi connectivity index (χ0n) is 15.3. The Bertz CT molecular complexity index is 511. The number of benzene rings is 1. The smallest absolute Gasteiger partial charge is 0.162 e. The van der Waals surface area contributed by atoms with Crippen molar-refractivity contribution in [2.24, 2.45) is 0 Å². The predicted octanol–water partition coefficient (Wildman–Crippen LogP) is 3.48. The average Bonchev–Trinajstić information content (AvgIpc) is 2.56. The van der Waals surface area contributed by atoms with E-state index >= 15 is 0 Å². The number of nitrogens with zero attached hydrogens (tertiary/aromatic N) is 1. The van der Waals surface area contributed by atoms with Gasteiger partial charge >= 0.3 is 0 Å². The summed E-state index contributed by atoms with van der Waals surface area (Å²) in [6.07, 6.45) is 1.26. The predicted molar refractivity (Wildman–Crippen MR) is 107 cm³/mol. The van der Waals surface area contributed by atoms with Gasteiger partial charge in [0.15, 0.2) is 11.5 Å². The minimum atomic E-state index is 0. The molecule has 1 heterocycles. The Morgan fingerprint density at radius 2 is 1.96 bits per heavy atom. The third-order valence-corrected chi connectivity index (χ3v) is 4.68. The third-order valence-electron chi connectivity index (χ3n) is 3.94. The van der Waals surface area contributed by atoms with Crippen molar-refractivity contribution in [3.63, 3.8) is 0 Å². The van der Waals surface area contributed by atoms with Crippen molar-refractivity contribution in [2.45, 2.75) is 32.9 Å². The second-order valence-corrected chi connectivity index (χ2v) is 7.10. The summed E-state index contributed by atoms with van der Waals surface area (Å²) < 4.78 is 17.7. The molecule has 1 N–H and O–H groups in total. The molecule has 0 aliphatic carbocycles. The van der Waals surface area contributed by atoms with Crippen LogP contribution < -0.4 is 14.8 Å². The lowest BCUT2D eigenvalue weighted by Crippen LogP contribution is -2.37. The van der Waals surface area contributed by atoms with Crippen LogP contribution in [0.1, 0.15) is 25.8 Å². The molecule has 0 atom stereocenters. The number of hydrogen-bond donors (Lipinski definition) is 1. The highest BCUT2D eigenvalue weighted by Crippen LogP contribution is 2.34. The number of morpholine rings is 1. The summed E-state index contributed by atoms with van der Waals surface area (Å²) in [5.41, 5.74) is 1.18. The lowest BCUT2D eigenvalue weighted by atomic mass is 10.2. The molecule has 0 spiro atoms. The van der Waals surface area contributed by atoms with Crippen LogP contribution in [0.4, 0.5) is 0 Å². The van der Waals surface area contributed by atoms with E-state index in [9.17, 15) is 0 Å². The van der Waals surface area contributed by atoms with Gasteiger partial charge in [0.25, 0.3) is 0 Å². The monoisotopic (exact) mass is 436 g/mol. The Kier molecular flexibility index (Phi) is 10.8. The highest BCUT2D eigenvalue weighted by Gasteiger charge is 2.12. The first kappa shape index (κ1) is 22.5. The molecule has 0 saturated carbocycles. The molecule has 0 bridgehead atoms.